The van der Waals surface area contributed by atoms with Gasteiger partial charge in [0.05, 0.1) is 55.1 Å². The molecular formula is C30H23Cl4FN8. The number of fused-ring (bicyclic) bond motifs is 1. The molecule has 0 aliphatic carbocycles. The lowest BCUT2D eigenvalue weighted by atomic mass is 10.0. The summed E-state index contributed by atoms with van der Waals surface area (Å²) in [6, 6.07) is 15.1. The van der Waals surface area contributed by atoms with Gasteiger partial charge in [-0.1, -0.05) is 57.7 Å². The maximum absolute atomic E-state index is 13.8. The number of nitriles is 1. The van der Waals surface area contributed by atoms with Crippen molar-refractivity contribution in [2.24, 2.45) is 0 Å². The molecule has 6 rings (SSSR count). The summed E-state index contributed by atoms with van der Waals surface area (Å²) in [4.78, 5) is 4.43. The highest BCUT2D eigenvalue weighted by Crippen LogP contribution is 2.38. The Morgan fingerprint density at radius 3 is 2.49 bits per heavy atom. The van der Waals surface area contributed by atoms with Crippen LogP contribution in [0.1, 0.15) is 41.7 Å². The molecule has 218 valence electrons. The molecule has 0 spiro atoms. The highest BCUT2D eigenvalue weighted by atomic mass is 35.5. The Morgan fingerprint density at radius 1 is 0.953 bits per heavy atom. The van der Waals surface area contributed by atoms with Crippen LogP contribution in [0.2, 0.25) is 20.1 Å². The number of hydrogen-bond donors (Lipinski definition) is 3. The predicted octanol–water partition coefficient (Wildman–Crippen LogP) is 8.32. The van der Waals surface area contributed by atoms with E-state index >= 15 is 0 Å². The van der Waals surface area contributed by atoms with E-state index in [1.807, 2.05) is 23.0 Å². The molecule has 0 saturated carbocycles. The molecule has 1 unspecified atom stereocenters. The number of nitrogens with zero attached hydrogens (tertiary/aromatic N) is 5. The smallest absolute Gasteiger partial charge is 0.141 e. The zero-order valence-electron chi connectivity index (χ0n) is 22.4. The molecule has 3 N–H and O–H groups in total. The second-order valence-corrected chi connectivity index (χ2v) is 11.8. The highest BCUT2D eigenvalue weighted by molar-refractivity contribution is 6.42. The number of rotatable bonds is 7. The van der Waals surface area contributed by atoms with Gasteiger partial charge in [0.25, 0.3) is 0 Å². The lowest BCUT2D eigenvalue weighted by molar-refractivity contribution is 0.337. The number of anilines is 3. The predicted molar refractivity (Wildman–Crippen MR) is 169 cm³/mol. The summed E-state index contributed by atoms with van der Waals surface area (Å²) in [5.41, 5.74) is 3.80. The fourth-order valence-electron chi connectivity index (χ4n) is 5.14. The summed E-state index contributed by atoms with van der Waals surface area (Å²) in [7, 11) is 0. The van der Waals surface area contributed by atoms with Crippen LogP contribution in [0.5, 0.6) is 0 Å². The van der Waals surface area contributed by atoms with Gasteiger partial charge in [0, 0.05) is 23.0 Å². The summed E-state index contributed by atoms with van der Waals surface area (Å²) in [6.45, 7) is 1.84. The van der Waals surface area contributed by atoms with Crippen molar-refractivity contribution in [2.75, 3.05) is 23.7 Å². The number of benzene rings is 3. The minimum absolute atomic E-state index is 0.0516. The highest BCUT2D eigenvalue weighted by Gasteiger charge is 2.23. The molecule has 1 aliphatic rings. The van der Waals surface area contributed by atoms with E-state index in [9.17, 15) is 9.65 Å². The minimum atomic E-state index is -0.549. The number of halogens is 5. The molecule has 8 nitrogen and oxygen atoms in total. The van der Waals surface area contributed by atoms with E-state index in [1.165, 1.54) is 24.4 Å². The van der Waals surface area contributed by atoms with Gasteiger partial charge in [-0.25, -0.2) is 9.07 Å². The Kier molecular flexibility index (Phi) is 8.57. The van der Waals surface area contributed by atoms with Crippen molar-refractivity contribution in [3.8, 4) is 6.07 Å². The van der Waals surface area contributed by atoms with Crippen LogP contribution >= 0.6 is 46.4 Å². The topological polar surface area (TPSA) is 103 Å². The van der Waals surface area contributed by atoms with Crippen molar-refractivity contribution in [3.05, 3.63) is 104 Å². The monoisotopic (exact) mass is 654 g/mol. The first-order chi connectivity index (χ1) is 20.8. The lowest BCUT2D eigenvalue weighted by Gasteiger charge is -2.22. The van der Waals surface area contributed by atoms with E-state index in [0.29, 0.717) is 48.7 Å². The SMILES string of the molecule is N#Cc1cnc2c(Cl)cc(NC(c3ccc(Cl)c(Cl)c3)c3cn(C4CCNCC4)nn3)cc2c1Nc1ccc(F)c(Cl)c1. The first-order valence-electron chi connectivity index (χ1n) is 13.4. The van der Waals surface area contributed by atoms with Crippen LogP contribution in [-0.4, -0.2) is 33.1 Å². The van der Waals surface area contributed by atoms with Crippen molar-refractivity contribution < 1.29 is 4.39 Å². The molecule has 1 aliphatic heterocycles. The number of hydrogen-bond acceptors (Lipinski definition) is 7. The molecule has 2 aromatic heterocycles. The molecule has 43 heavy (non-hydrogen) atoms. The van der Waals surface area contributed by atoms with E-state index in [1.54, 1.807) is 18.2 Å². The summed E-state index contributed by atoms with van der Waals surface area (Å²) >= 11 is 25.4. The third-order valence-electron chi connectivity index (χ3n) is 7.33. The second kappa shape index (κ2) is 12.5. The Hall–Kier alpha value is -3.65. The molecule has 13 heteroatoms. The largest absolute Gasteiger partial charge is 0.373 e. The Labute approximate surface area is 266 Å². The number of piperidine rings is 1. The zero-order chi connectivity index (χ0) is 30.1. The van der Waals surface area contributed by atoms with Crippen molar-refractivity contribution in [2.45, 2.75) is 24.9 Å². The van der Waals surface area contributed by atoms with Crippen LogP contribution in [0, 0.1) is 17.1 Å². The normalized spacial score (nSPS) is 14.4. The van der Waals surface area contributed by atoms with Crippen LogP contribution in [0.15, 0.2) is 60.9 Å². The lowest BCUT2D eigenvalue weighted by Crippen LogP contribution is -2.29. The van der Waals surface area contributed by atoms with Crippen molar-refractivity contribution in [1.82, 2.24) is 25.3 Å². The average Bonchev–Trinajstić information content (AvgIpc) is 3.50. The fourth-order valence-corrected chi connectivity index (χ4v) is 5.89. The van der Waals surface area contributed by atoms with Gasteiger partial charge >= 0.3 is 0 Å². The van der Waals surface area contributed by atoms with Crippen LogP contribution in [0.3, 0.4) is 0 Å². The third-order valence-corrected chi connectivity index (χ3v) is 8.65. The van der Waals surface area contributed by atoms with E-state index in [0.717, 1.165) is 31.5 Å². The first kappa shape index (κ1) is 29.4. The molecule has 1 saturated heterocycles. The van der Waals surface area contributed by atoms with Gasteiger partial charge in [0.2, 0.25) is 0 Å². The molecular weight excluding hydrogens is 633 g/mol. The van der Waals surface area contributed by atoms with Gasteiger partial charge in [-0.15, -0.1) is 5.10 Å². The third kappa shape index (κ3) is 6.21. The second-order valence-electron chi connectivity index (χ2n) is 10.1. The Balaban J connectivity index is 1.43. The molecule has 0 radical (unpaired) electrons. The Morgan fingerprint density at radius 2 is 1.74 bits per heavy atom. The molecule has 3 aromatic carbocycles. The maximum Gasteiger partial charge on any atom is 0.141 e. The van der Waals surface area contributed by atoms with Gasteiger partial charge in [-0.2, -0.15) is 5.26 Å². The first-order valence-corrected chi connectivity index (χ1v) is 14.9. The molecule has 1 atom stereocenters. The molecule has 5 aromatic rings. The number of aromatic nitrogens is 4. The van der Waals surface area contributed by atoms with Crippen LogP contribution in [0.4, 0.5) is 21.5 Å². The minimum Gasteiger partial charge on any atom is -0.373 e. The van der Waals surface area contributed by atoms with E-state index in [4.69, 9.17) is 46.4 Å². The summed E-state index contributed by atoms with van der Waals surface area (Å²) in [5.74, 6) is -0.549. The number of nitrogens with one attached hydrogen (secondary N) is 3. The van der Waals surface area contributed by atoms with Gasteiger partial charge in [0.1, 0.15) is 17.6 Å². The van der Waals surface area contributed by atoms with Gasteiger partial charge in [0.15, 0.2) is 0 Å². The van der Waals surface area contributed by atoms with E-state index in [2.05, 4.69) is 37.3 Å². The fraction of sp³-hybridized carbons (Fsp3) is 0.200. The van der Waals surface area contributed by atoms with Crippen LogP contribution in [0.25, 0.3) is 10.9 Å². The quantitative estimate of drug-likeness (QED) is 0.162. The van der Waals surface area contributed by atoms with Crippen molar-refractivity contribution in [3.63, 3.8) is 0 Å². The van der Waals surface area contributed by atoms with E-state index < -0.39 is 11.9 Å². The molecule has 0 amide bonds. The van der Waals surface area contributed by atoms with Crippen molar-refractivity contribution in [1.29, 1.82) is 5.26 Å². The standard InChI is InChI=1S/C30H23Cl4FN8/c31-22-3-1-16(9-23(22)32)29(27-15-43(42-41-27)20-5-7-37-8-6-20)40-19-10-21-28(39-18-2-4-26(35)24(33)11-18)17(13-36)14-38-30(21)25(34)12-19/h1-4,9-12,14-15,20,29,37,40H,5-8H2,(H,38,39). The molecule has 0 bridgehead atoms. The van der Waals surface area contributed by atoms with E-state index in [-0.39, 0.29) is 16.6 Å². The van der Waals surface area contributed by atoms with Gasteiger partial charge < -0.3 is 16.0 Å². The van der Waals surface area contributed by atoms with Gasteiger partial charge in [-0.3, -0.25) is 4.98 Å². The number of pyridine rings is 1. The molecule has 3 heterocycles. The molecule has 1 fully saturated rings. The van der Waals surface area contributed by atoms with Crippen LogP contribution < -0.4 is 16.0 Å². The maximum atomic E-state index is 13.8. The zero-order valence-corrected chi connectivity index (χ0v) is 25.4. The Bertz CT molecular complexity index is 1870. The van der Waals surface area contributed by atoms with Gasteiger partial charge in [-0.05, 0) is 74.0 Å². The summed E-state index contributed by atoms with van der Waals surface area (Å²) in [6.07, 6.45) is 5.29. The average molecular weight is 656 g/mol. The summed E-state index contributed by atoms with van der Waals surface area (Å²) < 4.78 is 15.7. The van der Waals surface area contributed by atoms with Crippen molar-refractivity contribution >= 4 is 74.4 Å². The summed E-state index contributed by atoms with van der Waals surface area (Å²) in [5, 5.41) is 30.7. The van der Waals surface area contributed by atoms with Crippen LogP contribution in [-0.2, 0) is 0 Å².